The number of hydrogen-bond acceptors (Lipinski definition) is 4. The summed E-state index contributed by atoms with van der Waals surface area (Å²) in [7, 11) is 0. The van der Waals surface area contributed by atoms with Gasteiger partial charge in [0.05, 0.1) is 17.2 Å². The molecular weight excluding hydrogens is 322 g/mol. The molecule has 7 heteroatoms. The summed E-state index contributed by atoms with van der Waals surface area (Å²) in [6, 6.07) is 1.70. The van der Waals surface area contributed by atoms with Gasteiger partial charge >= 0.3 is 6.09 Å². The molecule has 4 bridgehead atoms. The van der Waals surface area contributed by atoms with Gasteiger partial charge in [-0.2, -0.15) is 5.26 Å². The van der Waals surface area contributed by atoms with Crippen molar-refractivity contribution in [3.8, 4) is 6.07 Å². The smallest absolute Gasteiger partial charge is 0.408 e. The molecule has 0 spiro atoms. The average Bonchev–Trinajstić information content (AvgIpc) is 2.98. The van der Waals surface area contributed by atoms with Gasteiger partial charge in [0.1, 0.15) is 12.6 Å². The Labute approximate surface area is 147 Å². The molecule has 5 fully saturated rings. The number of carbonyl (C=O) groups is 2. The highest BCUT2D eigenvalue weighted by atomic mass is 16.4. The van der Waals surface area contributed by atoms with E-state index >= 15 is 0 Å². The van der Waals surface area contributed by atoms with Crippen LogP contribution in [0.3, 0.4) is 0 Å². The lowest BCUT2D eigenvalue weighted by Crippen LogP contribution is -2.67. The molecule has 136 valence electrons. The highest BCUT2D eigenvalue weighted by Gasteiger charge is 2.60. The van der Waals surface area contributed by atoms with Gasteiger partial charge in [-0.1, -0.05) is 0 Å². The van der Waals surface area contributed by atoms with Crippen LogP contribution in [0, 0.1) is 23.2 Å². The van der Waals surface area contributed by atoms with E-state index in [-0.39, 0.29) is 12.5 Å². The van der Waals surface area contributed by atoms with E-state index in [1.165, 1.54) is 9.80 Å². The van der Waals surface area contributed by atoms with Crippen molar-refractivity contribution in [1.82, 2.24) is 9.80 Å². The molecule has 5 rings (SSSR count). The molecule has 25 heavy (non-hydrogen) atoms. The van der Waals surface area contributed by atoms with Crippen LogP contribution in [-0.4, -0.2) is 62.3 Å². The predicted octanol–water partition coefficient (Wildman–Crippen LogP) is 1.56. The van der Waals surface area contributed by atoms with E-state index in [0.29, 0.717) is 31.2 Å². The number of rotatable bonds is 3. The zero-order chi connectivity index (χ0) is 17.8. The summed E-state index contributed by atoms with van der Waals surface area (Å²) < 4.78 is 0. The summed E-state index contributed by atoms with van der Waals surface area (Å²) in [6.45, 7) is 0.315. The normalized spacial score (nSPS) is 41.6. The van der Waals surface area contributed by atoms with Crippen LogP contribution >= 0.6 is 0 Å². The van der Waals surface area contributed by atoms with E-state index in [1.807, 2.05) is 0 Å². The largest absolute Gasteiger partial charge is 0.465 e. The van der Waals surface area contributed by atoms with Gasteiger partial charge < -0.3 is 15.1 Å². The van der Waals surface area contributed by atoms with Gasteiger partial charge in [-0.3, -0.25) is 9.69 Å². The van der Waals surface area contributed by atoms with E-state index < -0.39 is 23.3 Å². The molecule has 0 aromatic rings. The molecule has 2 amide bonds. The maximum Gasteiger partial charge on any atom is 0.408 e. The summed E-state index contributed by atoms with van der Waals surface area (Å²) in [6.07, 6.45) is 4.86. The first-order valence-corrected chi connectivity index (χ1v) is 9.26. The van der Waals surface area contributed by atoms with Gasteiger partial charge in [0.15, 0.2) is 0 Å². The third-order valence-corrected chi connectivity index (χ3v) is 6.82. The van der Waals surface area contributed by atoms with Crippen LogP contribution in [0.2, 0.25) is 0 Å². The average molecular weight is 347 g/mol. The van der Waals surface area contributed by atoms with Crippen molar-refractivity contribution in [2.75, 3.05) is 13.1 Å². The van der Waals surface area contributed by atoms with Crippen molar-refractivity contribution in [3.05, 3.63) is 0 Å². The SMILES string of the molecule is N#CC1CCCN1C(=O)CN(C(=O)O)C12CC3C[C@H](CC(O)(C3)C1)C2. The molecule has 4 aliphatic carbocycles. The lowest BCUT2D eigenvalue weighted by molar-refractivity contribution is -0.172. The third-order valence-electron chi connectivity index (χ3n) is 6.82. The molecule has 0 aromatic carbocycles. The van der Waals surface area contributed by atoms with Gasteiger partial charge in [0.2, 0.25) is 5.91 Å². The first-order chi connectivity index (χ1) is 11.8. The predicted molar refractivity (Wildman–Crippen MR) is 87.4 cm³/mol. The number of aliphatic hydroxyl groups is 1. The number of likely N-dealkylation sites (tertiary alicyclic amines) is 1. The number of carbonyl (C=O) groups excluding carboxylic acids is 1. The van der Waals surface area contributed by atoms with Gasteiger partial charge in [-0.15, -0.1) is 0 Å². The number of carboxylic acid groups (broad SMARTS) is 1. The third kappa shape index (κ3) is 2.67. The molecule has 5 atom stereocenters. The first-order valence-electron chi connectivity index (χ1n) is 9.26. The van der Waals surface area contributed by atoms with E-state index in [2.05, 4.69) is 6.07 Å². The molecule has 1 heterocycles. The van der Waals surface area contributed by atoms with Crippen molar-refractivity contribution >= 4 is 12.0 Å². The summed E-state index contributed by atoms with van der Waals surface area (Å²) in [5, 5.41) is 29.9. The Bertz CT molecular complexity index is 629. The summed E-state index contributed by atoms with van der Waals surface area (Å²) in [5.41, 5.74) is -1.40. The first kappa shape index (κ1) is 16.6. The fraction of sp³-hybridized carbons (Fsp3) is 0.833. The van der Waals surface area contributed by atoms with Crippen LogP contribution in [0.25, 0.3) is 0 Å². The van der Waals surface area contributed by atoms with Crippen LogP contribution in [0.15, 0.2) is 0 Å². The van der Waals surface area contributed by atoms with E-state index in [4.69, 9.17) is 0 Å². The minimum Gasteiger partial charge on any atom is -0.465 e. The monoisotopic (exact) mass is 347 g/mol. The number of hydrogen-bond donors (Lipinski definition) is 2. The standard InChI is InChI=1S/C18H25N3O4/c19-9-14-2-1-3-20(14)15(22)10-21(16(23)24)17-5-12-4-13(6-17)8-18(25,7-12)11-17/h12-14,25H,1-8,10-11H2,(H,23,24)/t12-,13?,14?,17?,18?/m0/s1. The highest BCUT2D eigenvalue weighted by Crippen LogP contribution is 2.59. The molecule has 1 aliphatic heterocycles. The van der Waals surface area contributed by atoms with E-state index in [0.717, 1.165) is 38.5 Å². The second-order valence-corrected chi connectivity index (χ2v) is 8.65. The zero-order valence-corrected chi connectivity index (χ0v) is 14.4. The Morgan fingerprint density at radius 1 is 1.24 bits per heavy atom. The number of amides is 2. The van der Waals surface area contributed by atoms with Crippen molar-refractivity contribution in [1.29, 1.82) is 5.26 Å². The fourth-order valence-electron chi connectivity index (χ4n) is 6.35. The van der Waals surface area contributed by atoms with Gasteiger partial charge in [-0.05, 0) is 63.2 Å². The maximum atomic E-state index is 12.7. The fourth-order valence-corrected chi connectivity index (χ4v) is 6.35. The Kier molecular flexibility index (Phi) is 3.73. The molecular formula is C18H25N3O4. The molecule has 1 saturated heterocycles. The zero-order valence-electron chi connectivity index (χ0n) is 14.4. The molecule has 7 nitrogen and oxygen atoms in total. The quantitative estimate of drug-likeness (QED) is 0.806. The van der Waals surface area contributed by atoms with Crippen molar-refractivity contribution in [3.63, 3.8) is 0 Å². The summed E-state index contributed by atoms with van der Waals surface area (Å²) >= 11 is 0. The molecule has 4 unspecified atom stereocenters. The Hall–Kier alpha value is -1.81. The van der Waals surface area contributed by atoms with Crippen LogP contribution in [-0.2, 0) is 4.79 Å². The van der Waals surface area contributed by atoms with Crippen LogP contribution in [0.4, 0.5) is 4.79 Å². The molecule has 4 saturated carbocycles. The number of nitrogens with zero attached hydrogens (tertiary/aromatic N) is 3. The van der Waals surface area contributed by atoms with E-state index in [9.17, 15) is 25.1 Å². The lowest BCUT2D eigenvalue weighted by Gasteiger charge is -2.62. The van der Waals surface area contributed by atoms with Crippen molar-refractivity contribution in [2.24, 2.45) is 11.8 Å². The topological polar surface area (TPSA) is 105 Å². The number of nitriles is 1. The Morgan fingerprint density at radius 2 is 1.92 bits per heavy atom. The molecule has 2 N–H and O–H groups in total. The van der Waals surface area contributed by atoms with Gasteiger partial charge in [0.25, 0.3) is 0 Å². The Morgan fingerprint density at radius 3 is 2.48 bits per heavy atom. The van der Waals surface area contributed by atoms with Crippen molar-refractivity contribution < 1.29 is 19.8 Å². The molecule has 5 aliphatic rings. The lowest BCUT2D eigenvalue weighted by atomic mass is 9.50. The van der Waals surface area contributed by atoms with Crippen molar-refractivity contribution in [2.45, 2.75) is 68.5 Å². The molecule has 0 aromatic heterocycles. The second kappa shape index (κ2) is 5.60. The van der Waals surface area contributed by atoms with Crippen LogP contribution in [0.5, 0.6) is 0 Å². The maximum absolute atomic E-state index is 12.7. The minimum absolute atomic E-state index is 0.205. The molecule has 0 radical (unpaired) electrons. The Balaban J connectivity index is 1.57. The van der Waals surface area contributed by atoms with E-state index in [1.54, 1.807) is 0 Å². The van der Waals surface area contributed by atoms with Gasteiger partial charge in [0, 0.05) is 6.54 Å². The van der Waals surface area contributed by atoms with Crippen LogP contribution < -0.4 is 0 Å². The van der Waals surface area contributed by atoms with Gasteiger partial charge in [-0.25, -0.2) is 4.79 Å². The second-order valence-electron chi connectivity index (χ2n) is 8.65. The summed E-state index contributed by atoms with van der Waals surface area (Å²) in [4.78, 5) is 27.6. The highest BCUT2D eigenvalue weighted by molar-refractivity contribution is 5.83. The van der Waals surface area contributed by atoms with Crippen LogP contribution in [0.1, 0.15) is 51.4 Å². The minimum atomic E-state index is -1.09. The summed E-state index contributed by atoms with van der Waals surface area (Å²) in [5.74, 6) is 0.415.